The van der Waals surface area contributed by atoms with Gasteiger partial charge in [0.15, 0.2) is 0 Å². The monoisotopic (exact) mass is 430 g/mol. The van der Waals surface area contributed by atoms with Crippen molar-refractivity contribution in [3.8, 4) is 0 Å². The molecule has 0 bridgehead atoms. The van der Waals surface area contributed by atoms with Crippen LogP contribution in [0.15, 0.2) is 0 Å². The molecule has 4 aliphatic rings. The third-order valence-electron chi connectivity index (χ3n) is 11.4. The molecule has 0 aliphatic heterocycles. The molecule has 0 aromatic carbocycles. The number of nitrogens with zero attached hydrogens (tertiary/aromatic N) is 2. The first-order valence-electron chi connectivity index (χ1n) is 13.0. The summed E-state index contributed by atoms with van der Waals surface area (Å²) in [5.74, 6) is 4.38. The second kappa shape index (κ2) is 8.06. The molecule has 4 saturated carbocycles. The van der Waals surface area contributed by atoms with Gasteiger partial charge in [0.2, 0.25) is 11.8 Å². The Labute approximate surface area is 190 Å². The first-order chi connectivity index (χ1) is 14.5. The Hall–Kier alpha value is -1.06. The lowest BCUT2D eigenvalue weighted by atomic mass is 9.44. The van der Waals surface area contributed by atoms with E-state index in [2.05, 4.69) is 20.8 Å². The molecule has 4 aliphatic carbocycles. The van der Waals surface area contributed by atoms with Gasteiger partial charge >= 0.3 is 0 Å². The number of amides is 2. The van der Waals surface area contributed by atoms with Crippen molar-refractivity contribution in [1.29, 1.82) is 0 Å². The molecule has 176 valence electrons. The average molecular weight is 431 g/mol. The van der Waals surface area contributed by atoms with Gasteiger partial charge < -0.3 is 9.80 Å². The largest absolute Gasteiger partial charge is 0.343 e. The van der Waals surface area contributed by atoms with Crippen LogP contribution in [0, 0.1) is 40.4 Å². The SMILES string of the molecule is CC(=O)N(C)C1CCC2(C)C(CCC3C2CCC2(C)C3CCC2C(C)N(C)C(C)=O)C1. The van der Waals surface area contributed by atoms with E-state index in [1.54, 1.807) is 13.8 Å². The van der Waals surface area contributed by atoms with Gasteiger partial charge in [0.1, 0.15) is 0 Å². The van der Waals surface area contributed by atoms with Crippen molar-refractivity contribution in [2.75, 3.05) is 14.1 Å². The molecular formula is C27H46N2O2. The van der Waals surface area contributed by atoms with Crippen LogP contribution in [0.5, 0.6) is 0 Å². The van der Waals surface area contributed by atoms with Crippen LogP contribution >= 0.6 is 0 Å². The number of fused-ring (bicyclic) bond motifs is 5. The fourth-order valence-electron chi connectivity index (χ4n) is 9.23. The highest BCUT2D eigenvalue weighted by Crippen LogP contribution is 2.68. The first-order valence-corrected chi connectivity index (χ1v) is 13.0. The van der Waals surface area contributed by atoms with Gasteiger partial charge in [0.25, 0.3) is 0 Å². The Balaban J connectivity index is 1.51. The lowest BCUT2D eigenvalue weighted by Gasteiger charge is -2.62. The summed E-state index contributed by atoms with van der Waals surface area (Å²) in [5.41, 5.74) is 0.845. The molecule has 2 amide bonds. The molecule has 0 saturated heterocycles. The highest BCUT2D eigenvalue weighted by atomic mass is 16.2. The topological polar surface area (TPSA) is 40.6 Å². The summed E-state index contributed by atoms with van der Waals surface area (Å²) in [6.45, 7) is 10.9. The van der Waals surface area contributed by atoms with Gasteiger partial charge in [-0.1, -0.05) is 13.8 Å². The molecule has 0 spiro atoms. The van der Waals surface area contributed by atoms with Gasteiger partial charge in [-0.3, -0.25) is 9.59 Å². The molecule has 0 N–H and O–H groups in total. The number of rotatable bonds is 3. The van der Waals surface area contributed by atoms with Crippen LogP contribution in [-0.4, -0.2) is 47.8 Å². The van der Waals surface area contributed by atoms with E-state index in [4.69, 9.17) is 0 Å². The van der Waals surface area contributed by atoms with Crippen LogP contribution in [0.25, 0.3) is 0 Å². The maximum atomic E-state index is 12.1. The normalized spacial score (nSPS) is 45.1. The zero-order valence-corrected chi connectivity index (χ0v) is 21.1. The average Bonchev–Trinajstić information content (AvgIpc) is 3.08. The lowest BCUT2D eigenvalue weighted by Crippen LogP contribution is -2.56. The Morgan fingerprint density at radius 2 is 1.48 bits per heavy atom. The summed E-state index contributed by atoms with van der Waals surface area (Å²) in [6.07, 6.45) is 11.7. The molecule has 0 aromatic heterocycles. The second-order valence-electron chi connectivity index (χ2n) is 12.3. The second-order valence-corrected chi connectivity index (χ2v) is 12.3. The zero-order chi connectivity index (χ0) is 22.7. The molecule has 9 atom stereocenters. The minimum absolute atomic E-state index is 0.202. The minimum atomic E-state index is 0.202. The lowest BCUT2D eigenvalue weighted by molar-refractivity contribution is -0.141. The number of carbonyl (C=O) groups is 2. The summed E-state index contributed by atoms with van der Waals surface area (Å²) in [7, 11) is 4.00. The molecule has 4 nitrogen and oxygen atoms in total. The van der Waals surface area contributed by atoms with E-state index in [0.717, 1.165) is 23.7 Å². The fraction of sp³-hybridized carbons (Fsp3) is 0.926. The molecule has 4 fully saturated rings. The summed E-state index contributed by atoms with van der Waals surface area (Å²) >= 11 is 0. The van der Waals surface area contributed by atoms with E-state index < -0.39 is 0 Å². The Bertz CT molecular complexity index is 722. The van der Waals surface area contributed by atoms with Crippen molar-refractivity contribution >= 4 is 11.8 Å². The highest BCUT2D eigenvalue weighted by Gasteiger charge is 2.61. The van der Waals surface area contributed by atoms with Gasteiger partial charge in [0.05, 0.1) is 0 Å². The van der Waals surface area contributed by atoms with Crippen LogP contribution in [-0.2, 0) is 9.59 Å². The van der Waals surface area contributed by atoms with Crippen molar-refractivity contribution < 1.29 is 9.59 Å². The van der Waals surface area contributed by atoms with Crippen LogP contribution in [0.1, 0.15) is 92.4 Å². The summed E-state index contributed by atoms with van der Waals surface area (Å²) in [4.78, 5) is 28.0. The maximum Gasteiger partial charge on any atom is 0.219 e. The van der Waals surface area contributed by atoms with Crippen molar-refractivity contribution in [3.05, 3.63) is 0 Å². The third kappa shape index (κ3) is 3.55. The van der Waals surface area contributed by atoms with Crippen molar-refractivity contribution in [1.82, 2.24) is 9.80 Å². The van der Waals surface area contributed by atoms with Crippen molar-refractivity contribution in [2.45, 2.75) is 104 Å². The number of hydrogen-bond acceptors (Lipinski definition) is 2. The molecule has 0 radical (unpaired) electrons. The Kier molecular flexibility index (Phi) is 6.01. The maximum absolute atomic E-state index is 12.1. The van der Waals surface area contributed by atoms with Crippen LogP contribution < -0.4 is 0 Å². The van der Waals surface area contributed by atoms with Crippen LogP contribution in [0.2, 0.25) is 0 Å². The van der Waals surface area contributed by atoms with Gasteiger partial charge in [-0.25, -0.2) is 0 Å². The standard InChI is InChI=1S/C27H46N2O2/c1-17(28(6)18(2)30)23-10-11-24-22-9-8-20-16-21(29(7)19(3)31)12-14-26(20,4)25(22)13-15-27(23,24)5/h17,20-25H,8-16H2,1-7H3. The quantitative estimate of drug-likeness (QED) is 0.605. The van der Waals surface area contributed by atoms with E-state index in [-0.39, 0.29) is 11.8 Å². The fourth-order valence-corrected chi connectivity index (χ4v) is 9.23. The van der Waals surface area contributed by atoms with E-state index in [0.29, 0.717) is 28.8 Å². The molecule has 4 rings (SSSR count). The molecular weight excluding hydrogens is 384 g/mol. The van der Waals surface area contributed by atoms with E-state index >= 15 is 0 Å². The van der Waals surface area contributed by atoms with Gasteiger partial charge in [-0.05, 0) is 105 Å². The minimum Gasteiger partial charge on any atom is -0.343 e. The molecule has 0 aromatic rings. The van der Waals surface area contributed by atoms with Gasteiger partial charge in [0, 0.05) is 40.0 Å². The van der Waals surface area contributed by atoms with E-state index in [1.807, 2.05) is 23.9 Å². The molecule has 31 heavy (non-hydrogen) atoms. The predicted octanol–water partition coefficient (Wildman–Crippen LogP) is 5.36. The van der Waals surface area contributed by atoms with E-state index in [9.17, 15) is 9.59 Å². The van der Waals surface area contributed by atoms with Crippen molar-refractivity contribution in [2.24, 2.45) is 40.4 Å². The summed E-state index contributed by atoms with van der Waals surface area (Å²) in [6, 6.07) is 0.786. The molecule has 0 heterocycles. The Morgan fingerprint density at radius 1 is 0.839 bits per heavy atom. The van der Waals surface area contributed by atoms with Gasteiger partial charge in [-0.15, -0.1) is 0 Å². The van der Waals surface area contributed by atoms with Crippen molar-refractivity contribution in [3.63, 3.8) is 0 Å². The molecule has 9 unspecified atom stereocenters. The zero-order valence-electron chi connectivity index (χ0n) is 21.1. The first kappa shape index (κ1) is 23.1. The predicted molar refractivity (Wildman–Crippen MR) is 125 cm³/mol. The van der Waals surface area contributed by atoms with E-state index in [1.165, 1.54) is 57.8 Å². The third-order valence-corrected chi connectivity index (χ3v) is 11.4. The van der Waals surface area contributed by atoms with Crippen LogP contribution in [0.4, 0.5) is 0 Å². The molecule has 4 heteroatoms. The highest BCUT2D eigenvalue weighted by molar-refractivity contribution is 5.73. The van der Waals surface area contributed by atoms with Crippen LogP contribution in [0.3, 0.4) is 0 Å². The smallest absolute Gasteiger partial charge is 0.219 e. The van der Waals surface area contributed by atoms with Gasteiger partial charge in [-0.2, -0.15) is 0 Å². The number of carbonyl (C=O) groups excluding carboxylic acids is 2. The summed E-state index contributed by atoms with van der Waals surface area (Å²) in [5, 5.41) is 0. The summed E-state index contributed by atoms with van der Waals surface area (Å²) < 4.78 is 0. The Morgan fingerprint density at radius 3 is 2.13 bits per heavy atom. The number of hydrogen-bond donors (Lipinski definition) is 0.